The Morgan fingerprint density at radius 1 is 1.38 bits per heavy atom. The molecule has 0 unspecified atom stereocenters. The molecule has 32 heavy (non-hydrogen) atoms. The zero-order valence-electron chi connectivity index (χ0n) is 19.4. The second-order valence-electron chi connectivity index (χ2n) is 9.87. The average Bonchev–Trinajstić information content (AvgIpc) is 3.15. The number of fused-ring (bicyclic) bond motifs is 2. The topological polar surface area (TPSA) is 82.5 Å². The summed E-state index contributed by atoms with van der Waals surface area (Å²) in [6.07, 6.45) is 4.15. The zero-order chi connectivity index (χ0) is 23.0. The van der Waals surface area contributed by atoms with Crippen LogP contribution < -0.4 is 5.32 Å². The summed E-state index contributed by atoms with van der Waals surface area (Å²) in [5.74, 6) is 2.59. The van der Waals surface area contributed by atoms with Crippen LogP contribution in [-0.2, 0) is 16.0 Å². The van der Waals surface area contributed by atoms with E-state index in [1.807, 2.05) is 29.8 Å². The fourth-order valence-electron chi connectivity index (χ4n) is 6.14. The Morgan fingerprint density at radius 3 is 2.78 bits per heavy atom. The minimum absolute atomic E-state index is 0.0139. The van der Waals surface area contributed by atoms with Crippen molar-refractivity contribution in [3.05, 3.63) is 10.6 Å². The highest BCUT2D eigenvalue weighted by atomic mass is 32.2. The van der Waals surface area contributed by atoms with Crippen molar-refractivity contribution in [3.8, 4) is 0 Å². The predicted molar refractivity (Wildman–Crippen MR) is 135 cm³/mol. The first-order chi connectivity index (χ1) is 15.2. The van der Waals surface area contributed by atoms with E-state index in [1.165, 1.54) is 16.6 Å². The molecular formula is C23H35N3O3S3. The molecule has 1 aliphatic heterocycles. The highest BCUT2D eigenvalue weighted by Gasteiger charge is 2.54. The van der Waals surface area contributed by atoms with Gasteiger partial charge < -0.3 is 15.3 Å². The van der Waals surface area contributed by atoms with E-state index in [4.69, 9.17) is 4.98 Å². The fraction of sp³-hybridized carbons (Fsp3) is 0.783. The van der Waals surface area contributed by atoms with Crippen molar-refractivity contribution in [3.63, 3.8) is 0 Å². The van der Waals surface area contributed by atoms with E-state index < -0.39 is 6.10 Å². The summed E-state index contributed by atoms with van der Waals surface area (Å²) in [6.45, 7) is 8.11. The number of anilines is 1. The van der Waals surface area contributed by atoms with E-state index in [0.29, 0.717) is 10.9 Å². The molecule has 178 valence electrons. The number of carbonyl (C=O) groups excluding carboxylic acids is 2. The molecular weight excluding hydrogens is 462 g/mol. The number of aromatic nitrogens is 1. The molecule has 3 aliphatic rings. The van der Waals surface area contributed by atoms with Gasteiger partial charge in [0.2, 0.25) is 11.8 Å². The molecule has 1 saturated heterocycles. The maximum Gasteiger partial charge on any atom is 0.236 e. The molecule has 2 fully saturated rings. The van der Waals surface area contributed by atoms with Gasteiger partial charge in [0.25, 0.3) is 0 Å². The smallest absolute Gasteiger partial charge is 0.236 e. The summed E-state index contributed by atoms with van der Waals surface area (Å²) in [5.41, 5.74) is 1.00. The Morgan fingerprint density at radius 2 is 2.09 bits per heavy atom. The molecule has 1 aromatic rings. The van der Waals surface area contributed by atoms with Gasteiger partial charge in [-0.1, -0.05) is 20.8 Å². The summed E-state index contributed by atoms with van der Waals surface area (Å²) in [6, 6.07) is 0. The maximum atomic E-state index is 13.2. The third-order valence-corrected chi connectivity index (χ3v) is 10.3. The largest absolute Gasteiger partial charge is 0.392 e. The Bertz CT molecular complexity index is 857. The minimum atomic E-state index is -0.522. The molecule has 6 atom stereocenters. The predicted octanol–water partition coefficient (Wildman–Crippen LogP) is 3.71. The molecule has 0 spiro atoms. The van der Waals surface area contributed by atoms with Crippen molar-refractivity contribution >= 4 is 51.8 Å². The standard InChI is InChI=1S/C23H35N3O3S3/c1-13(21(29)26-7-9-31-10-8-26)15-5-6-23(3)11-16-19(14(2)18(23)20(15)28)25-22(32-16)24-17(27)12-30-4/h13-15,18,20,28H,5-12H2,1-4H3,(H,24,25,27)/t13-,14-,15-,18+,20-,23-/m0/s1. The van der Waals surface area contributed by atoms with E-state index >= 15 is 0 Å². The second-order valence-corrected chi connectivity index (χ2v) is 13.0. The van der Waals surface area contributed by atoms with Crippen LogP contribution in [0.1, 0.15) is 50.1 Å². The van der Waals surface area contributed by atoms with Crippen LogP contribution in [0.5, 0.6) is 0 Å². The van der Waals surface area contributed by atoms with Gasteiger partial charge in [0.05, 0.1) is 17.6 Å². The lowest BCUT2D eigenvalue weighted by atomic mass is 9.53. The lowest BCUT2D eigenvalue weighted by molar-refractivity contribution is -0.144. The van der Waals surface area contributed by atoms with Crippen LogP contribution in [0.3, 0.4) is 0 Å². The van der Waals surface area contributed by atoms with Gasteiger partial charge in [0.1, 0.15) is 0 Å². The number of aliphatic hydroxyl groups excluding tert-OH is 1. The molecule has 2 N–H and O–H groups in total. The summed E-state index contributed by atoms with van der Waals surface area (Å²) < 4.78 is 0. The zero-order valence-corrected chi connectivity index (χ0v) is 21.9. The number of hydrogen-bond acceptors (Lipinski definition) is 7. The number of thioether (sulfide) groups is 2. The number of rotatable bonds is 5. The molecule has 2 heterocycles. The summed E-state index contributed by atoms with van der Waals surface area (Å²) >= 11 is 4.98. The lowest BCUT2D eigenvalue weighted by Crippen LogP contribution is -2.54. The first-order valence-corrected chi connectivity index (χ1v) is 14.9. The maximum absolute atomic E-state index is 13.2. The third kappa shape index (κ3) is 4.59. The molecule has 0 bridgehead atoms. The van der Waals surface area contributed by atoms with Crippen molar-refractivity contribution in [2.45, 2.75) is 52.1 Å². The van der Waals surface area contributed by atoms with Crippen LogP contribution in [0.25, 0.3) is 0 Å². The van der Waals surface area contributed by atoms with Gasteiger partial charge >= 0.3 is 0 Å². The van der Waals surface area contributed by atoms with Gasteiger partial charge in [-0.15, -0.1) is 11.3 Å². The number of thiazole rings is 1. The molecule has 6 nitrogen and oxygen atoms in total. The van der Waals surface area contributed by atoms with Crippen LogP contribution in [0.15, 0.2) is 0 Å². The molecule has 0 radical (unpaired) electrons. The quantitative estimate of drug-likeness (QED) is 0.645. The first kappa shape index (κ1) is 24.4. The van der Waals surface area contributed by atoms with Crippen molar-refractivity contribution in [2.75, 3.05) is 41.9 Å². The van der Waals surface area contributed by atoms with Gasteiger partial charge in [-0.25, -0.2) is 4.98 Å². The lowest BCUT2D eigenvalue weighted by Gasteiger charge is -2.53. The average molecular weight is 498 g/mol. The fourth-order valence-corrected chi connectivity index (χ4v) is 8.66. The number of aliphatic hydroxyl groups is 1. The minimum Gasteiger partial charge on any atom is -0.392 e. The van der Waals surface area contributed by atoms with Crippen LogP contribution in [0.4, 0.5) is 5.13 Å². The molecule has 9 heteroatoms. The summed E-state index contributed by atoms with van der Waals surface area (Å²) in [7, 11) is 0. The van der Waals surface area contributed by atoms with Crippen molar-refractivity contribution < 1.29 is 14.7 Å². The monoisotopic (exact) mass is 497 g/mol. The molecule has 0 aromatic carbocycles. The van der Waals surface area contributed by atoms with Crippen molar-refractivity contribution in [2.24, 2.45) is 23.2 Å². The van der Waals surface area contributed by atoms with Crippen LogP contribution >= 0.6 is 34.9 Å². The number of hydrogen-bond donors (Lipinski definition) is 2. The molecule has 2 aliphatic carbocycles. The highest BCUT2D eigenvalue weighted by molar-refractivity contribution is 7.99. The summed E-state index contributed by atoms with van der Waals surface area (Å²) in [5, 5.41) is 15.2. The molecule has 1 aromatic heterocycles. The van der Waals surface area contributed by atoms with Gasteiger partial charge in [-0.2, -0.15) is 23.5 Å². The first-order valence-electron chi connectivity index (χ1n) is 11.6. The third-order valence-electron chi connectivity index (χ3n) is 7.80. The van der Waals surface area contributed by atoms with Gasteiger partial charge in [-0.05, 0) is 42.8 Å². The Balaban J connectivity index is 1.52. The number of nitrogens with zero attached hydrogens (tertiary/aromatic N) is 2. The Kier molecular flexibility index (Phi) is 7.49. The van der Waals surface area contributed by atoms with Crippen molar-refractivity contribution in [1.82, 2.24) is 9.88 Å². The second kappa shape index (κ2) is 9.84. The normalized spacial score (nSPS) is 33.2. The number of nitrogens with one attached hydrogen (secondary N) is 1. The molecule has 1 saturated carbocycles. The van der Waals surface area contributed by atoms with Gasteiger partial charge in [0.15, 0.2) is 5.13 Å². The van der Waals surface area contributed by atoms with Gasteiger partial charge in [-0.3, -0.25) is 9.59 Å². The molecule has 4 rings (SSSR count). The molecule has 2 amide bonds. The van der Waals surface area contributed by atoms with E-state index in [9.17, 15) is 14.7 Å². The van der Waals surface area contributed by atoms with Crippen LogP contribution in [-0.4, -0.2) is 69.5 Å². The Hall–Kier alpha value is -0.770. The Labute approximate surface area is 203 Å². The van der Waals surface area contributed by atoms with E-state index in [-0.39, 0.29) is 40.9 Å². The van der Waals surface area contributed by atoms with Gasteiger partial charge in [0, 0.05) is 41.3 Å². The number of amides is 2. The van der Waals surface area contributed by atoms with Crippen LogP contribution in [0.2, 0.25) is 0 Å². The van der Waals surface area contributed by atoms with Crippen LogP contribution in [0, 0.1) is 23.2 Å². The SMILES string of the molecule is CSCC(=O)Nc1nc2c(s1)C[C@]1(C)CC[C@@H]([C@H](C)C(=O)N3CCSCC3)[C@H](O)[C@H]1[C@@H]2C. The van der Waals surface area contributed by atoms with E-state index in [2.05, 4.69) is 19.2 Å². The number of carbonyl (C=O) groups is 2. The van der Waals surface area contributed by atoms with E-state index in [0.717, 1.165) is 49.6 Å². The van der Waals surface area contributed by atoms with E-state index in [1.54, 1.807) is 11.3 Å². The summed E-state index contributed by atoms with van der Waals surface area (Å²) in [4.78, 5) is 33.2. The highest BCUT2D eigenvalue weighted by Crippen LogP contribution is 2.57. The van der Waals surface area contributed by atoms with Crippen molar-refractivity contribution in [1.29, 1.82) is 0 Å².